The molecule has 76 valence electrons. The normalized spacial score (nSPS) is 16.4. The molecule has 1 fully saturated rings. The molecule has 4 heteroatoms. The average molecular weight is 194 g/mol. The van der Waals surface area contributed by atoms with Crippen molar-refractivity contribution in [2.75, 3.05) is 13.1 Å². The number of aryl methyl sites for hydroxylation is 1. The topological polar surface area (TPSA) is 54.3 Å². The predicted octanol–water partition coefficient (Wildman–Crippen LogP) is 0.544. The molecule has 2 N–H and O–H groups in total. The second kappa shape index (κ2) is 3.84. The summed E-state index contributed by atoms with van der Waals surface area (Å²) in [5.41, 5.74) is 0. The van der Waals surface area contributed by atoms with Crippen molar-refractivity contribution in [3.05, 3.63) is 23.7 Å². The highest BCUT2D eigenvalue weighted by Crippen LogP contribution is 2.08. The van der Waals surface area contributed by atoms with Crippen molar-refractivity contribution >= 4 is 5.91 Å². The number of hydrogen-bond acceptors (Lipinski definition) is 3. The third-order valence-corrected chi connectivity index (χ3v) is 2.35. The van der Waals surface area contributed by atoms with Gasteiger partial charge in [-0.3, -0.25) is 4.79 Å². The average Bonchev–Trinajstić information content (AvgIpc) is 2.59. The maximum absolute atomic E-state index is 11.5. The number of amides is 1. The van der Waals surface area contributed by atoms with E-state index in [4.69, 9.17) is 4.42 Å². The van der Waals surface area contributed by atoms with Crippen LogP contribution < -0.4 is 10.6 Å². The highest BCUT2D eigenvalue weighted by Gasteiger charge is 2.20. The first-order valence-electron chi connectivity index (χ1n) is 4.90. The molecule has 1 amide bonds. The van der Waals surface area contributed by atoms with E-state index < -0.39 is 0 Å². The van der Waals surface area contributed by atoms with Crippen molar-refractivity contribution in [1.82, 2.24) is 10.6 Å². The van der Waals surface area contributed by atoms with E-state index in [0.717, 1.165) is 25.3 Å². The van der Waals surface area contributed by atoms with E-state index >= 15 is 0 Å². The Hall–Kier alpha value is -1.29. The molecule has 0 spiro atoms. The van der Waals surface area contributed by atoms with Gasteiger partial charge in [-0.25, -0.2) is 0 Å². The standard InChI is InChI=1S/C10H14N2O2/c1-2-8-3-4-9(14-8)10(13)12-7-5-11-6-7/h3-4,7,11H,2,5-6H2,1H3,(H,12,13). The molecule has 1 aliphatic rings. The summed E-state index contributed by atoms with van der Waals surface area (Å²) >= 11 is 0. The predicted molar refractivity (Wildman–Crippen MR) is 52.2 cm³/mol. The molecule has 1 aromatic rings. The van der Waals surface area contributed by atoms with Crippen LogP contribution in [0.5, 0.6) is 0 Å². The van der Waals surface area contributed by atoms with Crippen LogP contribution in [-0.2, 0) is 6.42 Å². The molecule has 0 atom stereocenters. The van der Waals surface area contributed by atoms with Crippen molar-refractivity contribution in [3.8, 4) is 0 Å². The van der Waals surface area contributed by atoms with Gasteiger partial charge in [-0.2, -0.15) is 0 Å². The Bertz CT molecular complexity index is 329. The van der Waals surface area contributed by atoms with Crippen molar-refractivity contribution in [3.63, 3.8) is 0 Å². The molecule has 0 bridgehead atoms. The van der Waals surface area contributed by atoms with Crippen molar-refractivity contribution in [2.45, 2.75) is 19.4 Å². The highest BCUT2D eigenvalue weighted by molar-refractivity contribution is 5.91. The Morgan fingerprint density at radius 3 is 2.93 bits per heavy atom. The molecule has 0 aromatic carbocycles. The smallest absolute Gasteiger partial charge is 0.287 e. The molecule has 2 rings (SSSR count). The fraction of sp³-hybridized carbons (Fsp3) is 0.500. The van der Waals surface area contributed by atoms with E-state index in [1.54, 1.807) is 6.07 Å². The Morgan fingerprint density at radius 2 is 2.43 bits per heavy atom. The molecule has 0 aliphatic carbocycles. The lowest BCUT2D eigenvalue weighted by atomic mass is 10.2. The van der Waals surface area contributed by atoms with Crippen LogP contribution in [0.4, 0.5) is 0 Å². The lowest BCUT2D eigenvalue weighted by Gasteiger charge is -2.27. The van der Waals surface area contributed by atoms with Crippen LogP contribution in [0.3, 0.4) is 0 Å². The van der Waals surface area contributed by atoms with Crippen LogP contribution in [0.15, 0.2) is 16.5 Å². The van der Waals surface area contributed by atoms with Gasteiger partial charge in [0, 0.05) is 19.5 Å². The summed E-state index contributed by atoms with van der Waals surface area (Å²) < 4.78 is 5.33. The van der Waals surface area contributed by atoms with Crippen LogP contribution in [0.2, 0.25) is 0 Å². The minimum Gasteiger partial charge on any atom is -0.456 e. The monoisotopic (exact) mass is 194 g/mol. The SMILES string of the molecule is CCc1ccc(C(=O)NC2CNC2)o1. The fourth-order valence-corrected chi connectivity index (χ4v) is 1.34. The lowest BCUT2D eigenvalue weighted by molar-refractivity contribution is 0.0894. The molecule has 0 unspecified atom stereocenters. The fourth-order valence-electron chi connectivity index (χ4n) is 1.34. The molecule has 2 heterocycles. The Morgan fingerprint density at radius 1 is 1.64 bits per heavy atom. The van der Waals surface area contributed by atoms with Gasteiger partial charge < -0.3 is 15.1 Å². The van der Waals surface area contributed by atoms with E-state index in [-0.39, 0.29) is 11.9 Å². The van der Waals surface area contributed by atoms with Gasteiger partial charge in [-0.1, -0.05) is 6.92 Å². The van der Waals surface area contributed by atoms with Crippen LogP contribution >= 0.6 is 0 Å². The van der Waals surface area contributed by atoms with Crippen molar-refractivity contribution < 1.29 is 9.21 Å². The molecule has 1 aromatic heterocycles. The van der Waals surface area contributed by atoms with Crippen molar-refractivity contribution in [2.24, 2.45) is 0 Å². The second-order valence-electron chi connectivity index (χ2n) is 3.45. The van der Waals surface area contributed by atoms with E-state index in [1.807, 2.05) is 13.0 Å². The van der Waals surface area contributed by atoms with Gasteiger partial charge in [0.15, 0.2) is 5.76 Å². The third kappa shape index (κ3) is 1.80. The molecular formula is C10H14N2O2. The zero-order valence-electron chi connectivity index (χ0n) is 8.17. The minimum absolute atomic E-state index is 0.115. The van der Waals surface area contributed by atoms with Gasteiger partial charge in [-0.05, 0) is 12.1 Å². The third-order valence-electron chi connectivity index (χ3n) is 2.35. The van der Waals surface area contributed by atoms with Crippen LogP contribution in [0.25, 0.3) is 0 Å². The molecule has 1 saturated heterocycles. The van der Waals surface area contributed by atoms with Gasteiger partial charge in [0.25, 0.3) is 5.91 Å². The minimum atomic E-state index is -0.115. The Labute approximate surface area is 82.7 Å². The highest BCUT2D eigenvalue weighted by atomic mass is 16.3. The quantitative estimate of drug-likeness (QED) is 0.738. The number of hydrogen-bond donors (Lipinski definition) is 2. The summed E-state index contributed by atoms with van der Waals surface area (Å²) in [6.45, 7) is 3.70. The Balaban J connectivity index is 1.95. The zero-order valence-corrected chi connectivity index (χ0v) is 8.17. The largest absolute Gasteiger partial charge is 0.456 e. The zero-order chi connectivity index (χ0) is 9.97. The van der Waals surface area contributed by atoms with Crippen LogP contribution in [0, 0.1) is 0 Å². The number of nitrogens with one attached hydrogen (secondary N) is 2. The summed E-state index contributed by atoms with van der Waals surface area (Å²) in [5.74, 6) is 1.15. The maximum atomic E-state index is 11.5. The Kier molecular flexibility index (Phi) is 2.54. The molecule has 1 aliphatic heterocycles. The second-order valence-corrected chi connectivity index (χ2v) is 3.45. The number of furan rings is 1. The van der Waals surface area contributed by atoms with Gasteiger partial charge in [0.05, 0.1) is 6.04 Å². The first kappa shape index (κ1) is 9.27. The van der Waals surface area contributed by atoms with Crippen LogP contribution in [0.1, 0.15) is 23.2 Å². The molecule has 14 heavy (non-hydrogen) atoms. The van der Waals surface area contributed by atoms with E-state index in [9.17, 15) is 4.79 Å². The summed E-state index contributed by atoms with van der Waals surface area (Å²) in [7, 11) is 0. The number of carbonyl (C=O) groups excluding carboxylic acids is 1. The van der Waals surface area contributed by atoms with E-state index in [1.165, 1.54) is 0 Å². The molecule has 4 nitrogen and oxygen atoms in total. The first-order chi connectivity index (χ1) is 6.79. The summed E-state index contributed by atoms with van der Waals surface area (Å²) in [5, 5.41) is 5.96. The van der Waals surface area contributed by atoms with Crippen molar-refractivity contribution in [1.29, 1.82) is 0 Å². The van der Waals surface area contributed by atoms with Gasteiger partial charge in [-0.15, -0.1) is 0 Å². The maximum Gasteiger partial charge on any atom is 0.287 e. The summed E-state index contributed by atoms with van der Waals surface area (Å²) in [4.78, 5) is 11.5. The van der Waals surface area contributed by atoms with E-state index in [0.29, 0.717) is 5.76 Å². The first-order valence-corrected chi connectivity index (χ1v) is 4.90. The molecule has 0 saturated carbocycles. The number of carbonyl (C=O) groups is 1. The van der Waals surface area contributed by atoms with Gasteiger partial charge in [0.2, 0.25) is 0 Å². The van der Waals surface area contributed by atoms with E-state index in [2.05, 4.69) is 10.6 Å². The van der Waals surface area contributed by atoms with Gasteiger partial charge in [0.1, 0.15) is 5.76 Å². The molecule has 0 radical (unpaired) electrons. The van der Waals surface area contributed by atoms with Crippen LogP contribution in [-0.4, -0.2) is 25.0 Å². The van der Waals surface area contributed by atoms with Gasteiger partial charge >= 0.3 is 0 Å². The summed E-state index contributed by atoms with van der Waals surface area (Å²) in [6, 6.07) is 3.83. The lowest BCUT2D eigenvalue weighted by Crippen LogP contribution is -2.56. The molecular weight excluding hydrogens is 180 g/mol. The number of rotatable bonds is 3. The summed E-state index contributed by atoms with van der Waals surface area (Å²) in [6.07, 6.45) is 0.818.